The minimum atomic E-state index is 0.590. The van der Waals surface area contributed by atoms with E-state index in [0.717, 1.165) is 37.4 Å². The van der Waals surface area contributed by atoms with E-state index in [4.69, 9.17) is 4.74 Å². The number of methoxy groups -OCH3 is 1. The Morgan fingerprint density at radius 3 is 3.17 bits per heavy atom. The van der Waals surface area contributed by atoms with Crippen molar-refractivity contribution in [3.05, 3.63) is 51.7 Å². The van der Waals surface area contributed by atoms with Crippen LogP contribution in [-0.4, -0.2) is 33.8 Å². The van der Waals surface area contributed by atoms with E-state index in [1.165, 1.54) is 16.1 Å². The second kappa shape index (κ2) is 6.00. The molecule has 0 spiro atoms. The predicted octanol–water partition coefficient (Wildman–Crippen LogP) is 2.42. The molecular weight excluding hydrogens is 310 g/mol. The monoisotopic (exact) mass is 327 g/mol. The van der Waals surface area contributed by atoms with Gasteiger partial charge in [-0.15, -0.1) is 11.3 Å². The van der Waals surface area contributed by atoms with Gasteiger partial charge in [0.15, 0.2) is 0 Å². The first-order chi connectivity index (χ1) is 11.3. The summed E-state index contributed by atoms with van der Waals surface area (Å²) in [6.07, 6.45) is 3.37. The molecule has 1 N–H and O–H groups in total. The molecule has 0 saturated heterocycles. The topological polar surface area (TPSA) is 66.9 Å². The third-order valence-corrected chi connectivity index (χ3v) is 4.98. The normalized spacial score (nSPS) is 13.9. The first kappa shape index (κ1) is 14.2. The van der Waals surface area contributed by atoms with Crippen molar-refractivity contribution in [1.29, 1.82) is 0 Å². The number of ether oxygens (including phenoxy) is 1. The Hall–Kier alpha value is -2.41. The minimum Gasteiger partial charge on any atom is -0.481 e. The third kappa shape index (κ3) is 2.79. The molecule has 1 aliphatic rings. The molecule has 0 bridgehead atoms. The fourth-order valence-corrected chi connectivity index (χ4v) is 3.60. The molecule has 0 saturated carbocycles. The Bertz CT molecular complexity index is 799. The summed E-state index contributed by atoms with van der Waals surface area (Å²) in [4.78, 5) is 12.0. The van der Waals surface area contributed by atoms with Gasteiger partial charge in [-0.3, -0.25) is 5.10 Å². The molecule has 0 aromatic carbocycles. The van der Waals surface area contributed by atoms with Crippen molar-refractivity contribution in [3.63, 3.8) is 0 Å². The summed E-state index contributed by atoms with van der Waals surface area (Å²) >= 11 is 1.77. The molecule has 6 nitrogen and oxygen atoms in total. The number of aromatic amines is 1. The van der Waals surface area contributed by atoms with Crippen LogP contribution in [0, 0.1) is 0 Å². The lowest BCUT2D eigenvalue weighted by Gasteiger charge is -2.28. The van der Waals surface area contributed by atoms with E-state index in [0.29, 0.717) is 5.88 Å². The van der Waals surface area contributed by atoms with Gasteiger partial charge in [-0.05, 0) is 11.4 Å². The summed E-state index contributed by atoms with van der Waals surface area (Å²) < 4.78 is 5.20. The van der Waals surface area contributed by atoms with Crippen LogP contribution in [0.25, 0.3) is 0 Å². The minimum absolute atomic E-state index is 0.590. The number of fused-ring (bicyclic) bond motifs is 1. The smallest absolute Gasteiger partial charge is 0.218 e. The van der Waals surface area contributed by atoms with Gasteiger partial charge in [-0.25, -0.2) is 9.97 Å². The van der Waals surface area contributed by atoms with Crippen molar-refractivity contribution >= 4 is 17.2 Å². The molecule has 23 heavy (non-hydrogen) atoms. The average Bonchev–Trinajstić information content (AvgIpc) is 3.25. The quantitative estimate of drug-likeness (QED) is 0.797. The standard InChI is InChI=1S/C16H17N5OS/c1-22-16-8-15(17-10-18-16)21-5-4-13-12(9-21)14(20-19-13)7-11-3-2-6-23-11/h2-3,6,8,10H,4-5,7,9H2,1H3,(H,19,20). The molecule has 0 fully saturated rings. The number of hydrogen-bond donors (Lipinski definition) is 1. The van der Waals surface area contributed by atoms with Crippen molar-refractivity contribution in [3.8, 4) is 5.88 Å². The van der Waals surface area contributed by atoms with Gasteiger partial charge in [0.05, 0.1) is 12.8 Å². The molecule has 0 unspecified atom stereocenters. The van der Waals surface area contributed by atoms with Crippen LogP contribution in [-0.2, 0) is 19.4 Å². The van der Waals surface area contributed by atoms with Crippen LogP contribution in [0.5, 0.6) is 5.88 Å². The Balaban J connectivity index is 1.59. The molecule has 0 atom stereocenters. The van der Waals surface area contributed by atoms with E-state index in [-0.39, 0.29) is 0 Å². The predicted molar refractivity (Wildman–Crippen MR) is 89.1 cm³/mol. The molecule has 118 valence electrons. The van der Waals surface area contributed by atoms with E-state index in [1.54, 1.807) is 24.8 Å². The molecule has 0 amide bonds. The lowest BCUT2D eigenvalue weighted by molar-refractivity contribution is 0.396. The van der Waals surface area contributed by atoms with Gasteiger partial charge in [-0.2, -0.15) is 5.10 Å². The van der Waals surface area contributed by atoms with Crippen molar-refractivity contribution < 1.29 is 4.74 Å². The number of thiophene rings is 1. The van der Waals surface area contributed by atoms with Crippen molar-refractivity contribution in [2.75, 3.05) is 18.6 Å². The highest BCUT2D eigenvalue weighted by atomic mass is 32.1. The number of nitrogens with zero attached hydrogens (tertiary/aromatic N) is 4. The molecule has 7 heteroatoms. The number of anilines is 1. The van der Waals surface area contributed by atoms with Crippen molar-refractivity contribution in [1.82, 2.24) is 20.2 Å². The molecule has 0 radical (unpaired) electrons. The largest absolute Gasteiger partial charge is 0.481 e. The Labute approximate surface area is 138 Å². The van der Waals surface area contributed by atoms with E-state index < -0.39 is 0 Å². The molecule has 1 aliphatic heterocycles. The summed E-state index contributed by atoms with van der Waals surface area (Å²) in [6.45, 7) is 1.72. The van der Waals surface area contributed by atoms with E-state index >= 15 is 0 Å². The summed E-state index contributed by atoms with van der Waals surface area (Å²) in [7, 11) is 1.62. The SMILES string of the molecule is COc1cc(N2CCc3[nH]nc(Cc4cccs4)c3C2)ncn1. The summed E-state index contributed by atoms with van der Waals surface area (Å²) in [5.74, 6) is 1.48. The van der Waals surface area contributed by atoms with Gasteiger partial charge in [0.25, 0.3) is 0 Å². The molecule has 4 rings (SSSR count). The molecule has 3 aromatic rings. The second-order valence-corrected chi connectivity index (χ2v) is 6.51. The fourth-order valence-electron chi connectivity index (χ4n) is 2.89. The summed E-state index contributed by atoms with van der Waals surface area (Å²) in [5.41, 5.74) is 3.67. The number of rotatable bonds is 4. The van der Waals surface area contributed by atoms with Gasteiger partial charge in [0.1, 0.15) is 12.1 Å². The average molecular weight is 327 g/mol. The van der Waals surface area contributed by atoms with Crippen molar-refractivity contribution in [2.45, 2.75) is 19.4 Å². The van der Waals surface area contributed by atoms with Crippen LogP contribution in [0.1, 0.15) is 21.8 Å². The lowest BCUT2D eigenvalue weighted by Crippen LogP contribution is -2.31. The first-order valence-corrected chi connectivity index (χ1v) is 8.40. The highest BCUT2D eigenvalue weighted by Gasteiger charge is 2.23. The maximum absolute atomic E-state index is 5.20. The number of H-pyrrole nitrogens is 1. The zero-order valence-corrected chi connectivity index (χ0v) is 13.6. The van der Waals surface area contributed by atoms with E-state index in [1.807, 2.05) is 6.07 Å². The summed E-state index contributed by atoms with van der Waals surface area (Å²) in [6, 6.07) is 6.12. The summed E-state index contributed by atoms with van der Waals surface area (Å²) in [5, 5.41) is 9.84. The fraction of sp³-hybridized carbons (Fsp3) is 0.312. The van der Waals surface area contributed by atoms with Crippen LogP contribution >= 0.6 is 11.3 Å². The maximum atomic E-state index is 5.20. The Morgan fingerprint density at radius 2 is 2.35 bits per heavy atom. The van der Waals surface area contributed by atoms with Gasteiger partial charge in [-0.1, -0.05) is 6.07 Å². The van der Waals surface area contributed by atoms with Crippen LogP contribution in [0.15, 0.2) is 29.9 Å². The van der Waals surface area contributed by atoms with Crippen LogP contribution in [0.4, 0.5) is 5.82 Å². The Morgan fingerprint density at radius 1 is 1.39 bits per heavy atom. The van der Waals surface area contributed by atoms with E-state index in [2.05, 4.69) is 42.6 Å². The van der Waals surface area contributed by atoms with Gasteiger partial charge in [0, 0.05) is 48.1 Å². The highest BCUT2D eigenvalue weighted by molar-refractivity contribution is 7.09. The van der Waals surface area contributed by atoms with Crippen molar-refractivity contribution in [2.24, 2.45) is 0 Å². The maximum Gasteiger partial charge on any atom is 0.218 e. The zero-order chi connectivity index (χ0) is 15.6. The molecule has 0 aliphatic carbocycles. The second-order valence-electron chi connectivity index (χ2n) is 5.47. The van der Waals surface area contributed by atoms with Crippen LogP contribution in [0.2, 0.25) is 0 Å². The zero-order valence-electron chi connectivity index (χ0n) is 12.8. The number of hydrogen-bond acceptors (Lipinski definition) is 6. The highest BCUT2D eigenvalue weighted by Crippen LogP contribution is 2.27. The number of nitrogens with one attached hydrogen (secondary N) is 1. The van der Waals surface area contributed by atoms with E-state index in [9.17, 15) is 0 Å². The van der Waals surface area contributed by atoms with Gasteiger partial charge >= 0.3 is 0 Å². The van der Waals surface area contributed by atoms with Crippen LogP contribution < -0.4 is 9.64 Å². The van der Waals surface area contributed by atoms with Gasteiger partial charge < -0.3 is 9.64 Å². The van der Waals surface area contributed by atoms with Crippen LogP contribution in [0.3, 0.4) is 0 Å². The molecular formula is C16H17N5OS. The molecule has 3 aromatic heterocycles. The third-order valence-electron chi connectivity index (χ3n) is 4.10. The lowest BCUT2D eigenvalue weighted by atomic mass is 10.0. The molecule has 4 heterocycles. The number of aromatic nitrogens is 4. The Kier molecular flexibility index (Phi) is 3.70. The van der Waals surface area contributed by atoms with Gasteiger partial charge in [0.2, 0.25) is 5.88 Å². The first-order valence-electron chi connectivity index (χ1n) is 7.52.